The standard InChI is InChI=1S/C73H52N2O/c1-71(2)54-25-11-8-22-50(54)67-59(71)30-18-32-63(67)74(64-33-19-31-60-68(64)51-23-9-12-26-55(51)72(60,3)4)48-39-36-45(37-40-48)46-38-43-62-53(44-46)49-41-42-61-69(70(49)75(62)47-20-6-5-7-21-47)52-24-10-13-27-56(52)73(61)57-28-14-16-34-65(57)76-66-35-17-15-29-58(66)73/h5-44H,1-4H3. The van der Waals surface area contributed by atoms with Crippen LogP contribution in [0.25, 0.3) is 72.0 Å². The average molecular weight is 973 g/mol. The summed E-state index contributed by atoms with van der Waals surface area (Å²) in [4.78, 5) is 2.55. The predicted molar refractivity (Wildman–Crippen MR) is 313 cm³/mol. The lowest BCUT2D eigenvalue weighted by molar-refractivity contribution is 0.436. The van der Waals surface area contributed by atoms with Gasteiger partial charge in [-0.2, -0.15) is 0 Å². The zero-order valence-corrected chi connectivity index (χ0v) is 42.9. The van der Waals surface area contributed by atoms with Crippen molar-refractivity contribution in [3.63, 3.8) is 0 Å². The normalized spacial score (nSPS) is 15.0. The Balaban J connectivity index is 0.900. The highest BCUT2D eigenvalue weighted by molar-refractivity contribution is 6.17. The lowest BCUT2D eigenvalue weighted by atomic mass is 9.66. The van der Waals surface area contributed by atoms with Crippen LogP contribution in [0.1, 0.15) is 72.2 Å². The lowest BCUT2D eigenvalue weighted by Gasteiger charge is -2.39. The molecule has 0 bridgehead atoms. The van der Waals surface area contributed by atoms with Crippen molar-refractivity contribution in [3.05, 3.63) is 287 Å². The summed E-state index contributed by atoms with van der Waals surface area (Å²) in [6, 6.07) is 90.4. The van der Waals surface area contributed by atoms with Crippen molar-refractivity contribution < 1.29 is 4.74 Å². The van der Waals surface area contributed by atoms with Gasteiger partial charge in [-0.1, -0.05) is 210 Å². The molecule has 0 N–H and O–H groups in total. The molecule has 1 aromatic heterocycles. The maximum absolute atomic E-state index is 6.71. The van der Waals surface area contributed by atoms with E-state index in [0.717, 1.165) is 22.9 Å². The molecule has 76 heavy (non-hydrogen) atoms. The molecule has 0 unspecified atom stereocenters. The van der Waals surface area contributed by atoms with Gasteiger partial charge in [-0.3, -0.25) is 0 Å². The first kappa shape index (κ1) is 43.2. The summed E-state index contributed by atoms with van der Waals surface area (Å²) in [7, 11) is 0. The fraction of sp³-hybridized carbons (Fsp3) is 0.0959. The minimum atomic E-state index is -0.566. The SMILES string of the molecule is CC1(C)c2ccccc2-c2c(N(c3ccc(-c4ccc5c(c4)c4ccc6c(c4n5-c4ccccc4)-c4ccccc4C64c5ccccc5Oc5ccccc54)cc3)c3cccc4c3-c3ccccc3C4(C)C)cccc21. The van der Waals surface area contributed by atoms with Crippen molar-refractivity contribution in [1.82, 2.24) is 4.57 Å². The van der Waals surface area contributed by atoms with Crippen LogP contribution in [0.15, 0.2) is 243 Å². The largest absolute Gasteiger partial charge is 0.457 e. The highest BCUT2D eigenvalue weighted by Crippen LogP contribution is 2.64. The molecule has 0 saturated heterocycles. The highest BCUT2D eigenvalue weighted by Gasteiger charge is 2.52. The molecule has 0 saturated carbocycles. The second-order valence-electron chi connectivity index (χ2n) is 22.3. The van der Waals surface area contributed by atoms with Crippen LogP contribution in [-0.2, 0) is 16.2 Å². The summed E-state index contributed by atoms with van der Waals surface area (Å²) in [5.41, 5.74) is 26.6. The van der Waals surface area contributed by atoms with E-state index >= 15 is 0 Å². The third-order valence-electron chi connectivity index (χ3n) is 17.9. The zero-order valence-electron chi connectivity index (χ0n) is 42.9. The van der Waals surface area contributed by atoms with Crippen molar-refractivity contribution in [2.75, 3.05) is 4.90 Å². The molecule has 3 aliphatic carbocycles. The van der Waals surface area contributed by atoms with Gasteiger partial charge in [0.25, 0.3) is 0 Å². The number of nitrogens with zero attached hydrogens (tertiary/aromatic N) is 2. The van der Waals surface area contributed by atoms with Gasteiger partial charge >= 0.3 is 0 Å². The second kappa shape index (κ2) is 15.4. The Kier molecular flexibility index (Phi) is 8.79. The first-order valence-electron chi connectivity index (χ1n) is 26.8. The van der Waals surface area contributed by atoms with Gasteiger partial charge in [-0.25, -0.2) is 0 Å². The third kappa shape index (κ3) is 5.56. The molecule has 2 heterocycles. The van der Waals surface area contributed by atoms with Gasteiger partial charge in [0.15, 0.2) is 0 Å². The molecular weight excluding hydrogens is 921 g/mol. The summed E-state index contributed by atoms with van der Waals surface area (Å²) in [5.74, 6) is 1.80. The van der Waals surface area contributed by atoms with Crippen LogP contribution in [-0.4, -0.2) is 4.57 Å². The molecule has 0 radical (unpaired) electrons. The lowest BCUT2D eigenvalue weighted by Crippen LogP contribution is -2.32. The van der Waals surface area contributed by atoms with E-state index in [1.807, 2.05) is 0 Å². The van der Waals surface area contributed by atoms with E-state index in [0.29, 0.717) is 0 Å². The van der Waals surface area contributed by atoms with Crippen LogP contribution >= 0.6 is 0 Å². The molecule has 3 nitrogen and oxygen atoms in total. The van der Waals surface area contributed by atoms with Gasteiger partial charge in [-0.05, 0) is 122 Å². The summed E-state index contributed by atoms with van der Waals surface area (Å²) in [5, 5.41) is 2.45. The average Bonchev–Trinajstić information content (AvgIpc) is 4.31. The number of para-hydroxylation sites is 3. The molecule has 1 aliphatic heterocycles. The quantitative estimate of drug-likeness (QED) is 0.171. The van der Waals surface area contributed by atoms with Crippen molar-refractivity contribution in [2.45, 2.75) is 43.9 Å². The second-order valence-corrected chi connectivity index (χ2v) is 22.3. The number of ether oxygens (including phenoxy) is 1. The van der Waals surface area contributed by atoms with E-state index in [9.17, 15) is 0 Å². The molecule has 0 amide bonds. The predicted octanol–water partition coefficient (Wildman–Crippen LogP) is 19.0. The molecule has 360 valence electrons. The molecule has 3 heteroatoms. The number of fused-ring (bicyclic) bond motifs is 19. The van der Waals surface area contributed by atoms with Gasteiger partial charge in [0.2, 0.25) is 0 Å². The summed E-state index contributed by atoms with van der Waals surface area (Å²) in [6.07, 6.45) is 0. The Morgan fingerprint density at radius 2 is 0.842 bits per heavy atom. The first-order chi connectivity index (χ1) is 37.2. The zero-order chi connectivity index (χ0) is 50.7. The van der Waals surface area contributed by atoms with Crippen molar-refractivity contribution in [3.8, 4) is 61.7 Å². The first-order valence-corrected chi connectivity index (χ1v) is 26.8. The molecular formula is C73H52N2O. The molecule has 0 atom stereocenters. The Labute approximate surface area is 443 Å². The topological polar surface area (TPSA) is 17.4 Å². The van der Waals surface area contributed by atoms with E-state index in [-0.39, 0.29) is 10.8 Å². The minimum Gasteiger partial charge on any atom is -0.457 e. The fourth-order valence-electron chi connectivity index (χ4n) is 14.5. The van der Waals surface area contributed by atoms with Crippen LogP contribution in [0.4, 0.5) is 17.1 Å². The Bertz CT molecular complexity index is 4290. The van der Waals surface area contributed by atoms with E-state index in [1.54, 1.807) is 0 Å². The van der Waals surface area contributed by atoms with Gasteiger partial charge < -0.3 is 14.2 Å². The van der Waals surface area contributed by atoms with E-state index in [1.165, 1.54) is 122 Å². The van der Waals surface area contributed by atoms with Crippen molar-refractivity contribution in [2.24, 2.45) is 0 Å². The van der Waals surface area contributed by atoms with Crippen LogP contribution in [0.2, 0.25) is 0 Å². The molecule has 12 aromatic rings. The highest BCUT2D eigenvalue weighted by atomic mass is 16.5. The van der Waals surface area contributed by atoms with E-state index < -0.39 is 5.41 Å². The summed E-state index contributed by atoms with van der Waals surface area (Å²) >= 11 is 0. The van der Waals surface area contributed by atoms with Crippen LogP contribution < -0.4 is 9.64 Å². The number of rotatable bonds is 5. The number of hydrogen-bond acceptors (Lipinski definition) is 2. The molecule has 1 spiro atoms. The fourth-order valence-corrected chi connectivity index (χ4v) is 14.5. The third-order valence-corrected chi connectivity index (χ3v) is 17.9. The summed E-state index contributed by atoms with van der Waals surface area (Å²) in [6.45, 7) is 9.50. The number of hydrogen-bond donors (Lipinski definition) is 0. The Morgan fingerprint density at radius 3 is 1.43 bits per heavy atom. The molecule has 11 aromatic carbocycles. The van der Waals surface area contributed by atoms with Gasteiger partial charge in [-0.15, -0.1) is 0 Å². The number of benzene rings is 11. The van der Waals surface area contributed by atoms with Gasteiger partial charge in [0, 0.05) is 60.8 Å². The van der Waals surface area contributed by atoms with Gasteiger partial charge in [0.05, 0.1) is 27.8 Å². The number of aromatic nitrogens is 1. The smallest absolute Gasteiger partial charge is 0.132 e. The summed E-state index contributed by atoms with van der Waals surface area (Å²) < 4.78 is 9.22. The Hall–Kier alpha value is -9.18. The monoisotopic (exact) mass is 972 g/mol. The van der Waals surface area contributed by atoms with Crippen LogP contribution in [0.5, 0.6) is 11.5 Å². The van der Waals surface area contributed by atoms with Crippen LogP contribution in [0.3, 0.4) is 0 Å². The molecule has 4 aliphatic rings. The van der Waals surface area contributed by atoms with Crippen molar-refractivity contribution in [1.29, 1.82) is 0 Å². The van der Waals surface area contributed by atoms with E-state index in [2.05, 4.69) is 280 Å². The van der Waals surface area contributed by atoms with E-state index in [4.69, 9.17) is 4.74 Å². The number of anilines is 3. The minimum absolute atomic E-state index is 0.139. The Morgan fingerprint density at radius 1 is 0.355 bits per heavy atom. The maximum Gasteiger partial charge on any atom is 0.132 e. The maximum atomic E-state index is 6.71. The van der Waals surface area contributed by atoms with Crippen LogP contribution in [0, 0.1) is 0 Å². The van der Waals surface area contributed by atoms with Gasteiger partial charge in [0.1, 0.15) is 11.5 Å². The molecule has 16 rings (SSSR count). The van der Waals surface area contributed by atoms with Crippen molar-refractivity contribution >= 4 is 38.9 Å². The molecule has 0 fully saturated rings.